The third kappa shape index (κ3) is 2.67. The van der Waals surface area contributed by atoms with E-state index >= 15 is 0 Å². The number of nitrogens with zero attached hydrogens (tertiary/aromatic N) is 4. The summed E-state index contributed by atoms with van der Waals surface area (Å²) in [5.74, 6) is 1.05. The maximum atomic E-state index is 9.17. The fourth-order valence-corrected chi connectivity index (χ4v) is 3.54. The molecule has 0 bridgehead atoms. The quantitative estimate of drug-likeness (QED) is 0.849. The first kappa shape index (κ1) is 13.5. The van der Waals surface area contributed by atoms with E-state index < -0.39 is 0 Å². The average Bonchev–Trinajstić information content (AvgIpc) is 2.68. The first-order valence-corrected chi connectivity index (χ1v) is 7.77. The zero-order chi connectivity index (χ0) is 13.9. The second-order valence-corrected chi connectivity index (χ2v) is 6.16. The maximum Gasteiger partial charge on any atom is 0.196 e. The molecule has 1 aromatic carbocycles. The predicted molar refractivity (Wildman–Crippen MR) is 77.9 cm³/mol. The van der Waals surface area contributed by atoms with Crippen LogP contribution >= 0.6 is 23.4 Å². The molecule has 102 valence electrons. The van der Waals surface area contributed by atoms with Gasteiger partial charge in [0.2, 0.25) is 0 Å². The van der Waals surface area contributed by atoms with E-state index in [1.165, 1.54) is 24.6 Å². The molecule has 0 radical (unpaired) electrons. The molecule has 0 aliphatic carbocycles. The van der Waals surface area contributed by atoms with Crippen molar-refractivity contribution in [3.8, 4) is 6.07 Å². The first-order valence-electron chi connectivity index (χ1n) is 6.57. The normalized spacial score (nSPS) is 14.4. The second kappa shape index (κ2) is 5.86. The number of fused-ring (bicyclic) bond motifs is 1. The van der Waals surface area contributed by atoms with Crippen molar-refractivity contribution in [2.75, 3.05) is 0 Å². The summed E-state index contributed by atoms with van der Waals surface area (Å²) in [5.41, 5.74) is 0.616. The van der Waals surface area contributed by atoms with E-state index in [4.69, 9.17) is 11.6 Å². The molecule has 6 heteroatoms. The first-order chi connectivity index (χ1) is 9.78. The van der Waals surface area contributed by atoms with Crippen LogP contribution in [0.3, 0.4) is 0 Å². The summed E-state index contributed by atoms with van der Waals surface area (Å²) in [7, 11) is 0. The van der Waals surface area contributed by atoms with Gasteiger partial charge in [-0.05, 0) is 42.8 Å². The number of aryl methyl sites for hydroxylation is 1. The molecule has 3 rings (SSSR count). The Morgan fingerprint density at radius 2 is 2.15 bits per heavy atom. The van der Waals surface area contributed by atoms with Gasteiger partial charge >= 0.3 is 0 Å². The van der Waals surface area contributed by atoms with Gasteiger partial charge in [-0.2, -0.15) is 5.26 Å². The van der Waals surface area contributed by atoms with Crippen LogP contribution in [0.5, 0.6) is 0 Å². The number of benzene rings is 1. The lowest BCUT2D eigenvalue weighted by atomic mass is 10.2. The summed E-state index contributed by atoms with van der Waals surface area (Å²) in [6, 6.07) is 7.47. The van der Waals surface area contributed by atoms with Gasteiger partial charge in [-0.15, -0.1) is 10.2 Å². The summed E-state index contributed by atoms with van der Waals surface area (Å²) < 4.78 is 2.17. The Kier molecular flexibility index (Phi) is 3.95. The molecule has 20 heavy (non-hydrogen) atoms. The van der Waals surface area contributed by atoms with E-state index in [1.807, 2.05) is 6.07 Å². The summed E-state index contributed by atoms with van der Waals surface area (Å²) in [6.07, 6.45) is 4.53. The van der Waals surface area contributed by atoms with E-state index in [0.29, 0.717) is 10.6 Å². The third-order valence-corrected chi connectivity index (χ3v) is 4.62. The number of hydrogen-bond donors (Lipinski definition) is 0. The topological polar surface area (TPSA) is 54.5 Å². The Hall–Kier alpha value is -1.51. The highest BCUT2D eigenvalue weighted by Crippen LogP contribution is 2.32. The summed E-state index contributed by atoms with van der Waals surface area (Å²) in [5, 5.41) is 19.2. The van der Waals surface area contributed by atoms with Gasteiger partial charge in [-0.1, -0.05) is 18.0 Å². The minimum atomic E-state index is 0.616. The molecule has 0 spiro atoms. The predicted octanol–water partition coefficient (Wildman–Crippen LogP) is 3.68. The minimum Gasteiger partial charge on any atom is -0.306 e. The van der Waals surface area contributed by atoms with Gasteiger partial charge in [0.15, 0.2) is 5.16 Å². The number of halogens is 1. The Bertz CT molecular complexity index is 674. The Balaban J connectivity index is 1.94. The van der Waals surface area contributed by atoms with Crippen LogP contribution in [0.25, 0.3) is 0 Å². The molecule has 1 aliphatic rings. The van der Waals surface area contributed by atoms with Gasteiger partial charge in [0.05, 0.1) is 5.56 Å². The molecule has 0 N–H and O–H groups in total. The lowest BCUT2D eigenvalue weighted by Crippen LogP contribution is -2.02. The van der Waals surface area contributed by atoms with Crippen LogP contribution < -0.4 is 0 Å². The molecule has 4 nitrogen and oxygen atoms in total. The molecule has 2 heterocycles. The molecule has 0 unspecified atom stereocenters. The van der Waals surface area contributed by atoms with Crippen molar-refractivity contribution in [2.45, 2.75) is 42.3 Å². The van der Waals surface area contributed by atoms with Crippen LogP contribution in [0.2, 0.25) is 5.02 Å². The lowest BCUT2D eigenvalue weighted by molar-refractivity contribution is 0.591. The minimum absolute atomic E-state index is 0.616. The summed E-state index contributed by atoms with van der Waals surface area (Å²) in [6.45, 7) is 0.952. The van der Waals surface area contributed by atoms with Gasteiger partial charge in [-0.3, -0.25) is 0 Å². The molecule has 0 amide bonds. The highest BCUT2D eigenvalue weighted by atomic mass is 35.5. The molecular formula is C14H13ClN4S. The van der Waals surface area contributed by atoms with E-state index in [9.17, 15) is 5.26 Å². The van der Waals surface area contributed by atoms with Crippen LogP contribution in [-0.2, 0) is 13.0 Å². The molecule has 0 saturated carbocycles. The Morgan fingerprint density at radius 3 is 3.00 bits per heavy atom. The van der Waals surface area contributed by atoms with Crippen molar-refractivity contribution >= 4 is 23.4 Å². The fraction of sp³-hybridized carbons (Fsp3) is 0.357. The van der Waals surface area contributed by atoms with E-state index in [0.717, 1.165) is 35.3 Å². The standard InChI is InChI=1S/C14H13ClN4S/c15-11-6-5-10(9-16)12(8-11)20-14-18-17-13-4-2-1-3-7-19(13)14/h5-6,8H,1-4,7H2. The van der Waals surface area contributed by atoms with Gasteiger partial charge in [0.1, 0.15) is 11.9 Å². The fourth-order valence-electron chi connectivity index (χ4n) is 2.31. The maximum absolute atomic E-state index is 9.17. The van der Waals surface area contributed by atoms with Crippen LogP contribution in [0, 0.1) is 11.3 Å². The summed E-state index contributed by atoms with van der Waals surface area (Å²) in [4.78, 5) is 0.833. The average molecular weight is 305 g/mol. The van der Waals surface area contributed by atoms with Crippen LogP contribution in [0.15, 0.2) is 28.3 Å². The van der Waals surface area contributed by atoms with Crippen LogP contribution in [0.1, 0.15) is 30.7 Å². The van der Waals surface area contributed by atoms with Crippen molar-refractivity contribution in [1.82, 2.24) is 14.8 Å². The molecular weight excluding hydrogens is 292 g/mol. The zero-order valence-electron chi connectivity index (χ0n) is 10.8. The Morgan fingerprint density at radius 1 is 1.25 bits per heavy atom. The monoisotopic (exact) mass is 304 g/mol. The van der Waals surface area contributed by atoms with Crippen molar-refractivity contribution in [2.24, 2.45) is 0 Å². The SMILES string of the molecule is N#Cc1ccc(Cl)cc1Sc1nnc2n1CCCCC2. The number of nitriles is 1. The zero-order valence-corrected chi connectivity index (χ0v) is 12.4. The van der Waals surface area contributed by atoms with E-state index in [-0.39, 0.29) is 0 Å². The number of rotatable bonds is 2. The van der Waals surface area contributed by atoms with Gasteiger partial charge in [0, 0.05) is 22.9 Å². The Labute approximate surface area is 126 Å². The largest absolute Gasteiger partial charge is 0.306 e. The molecule has 2 aromatic rings. The number of aromatic nitrogens is 3. The van der Waals surface area contributed by atoms with Gasteiger partial charge in [-0.25, -0.2) is 0 Å². The molecule has 1 aliphatic heterocycles. The highest BCUT2D eigenvalue weighted by Gasteiger charge is 2.16. The second-order valence-electron chi connectivity index (χ2n) is 4.72. The smallest absolute Gasteiger partial charge is 0.196 e. The molecule has 1 aromatic heterocycles. The van der Waals surface area contributed by atoms with Crippen LogP contribution in [0.4, 0.5) is 0 Å². The lowest BCUT2D eigenvalue weighted by Gasteiger charge is -2.07. The molecule has 0 saturated heterocycles. The van der Waals surface area contributed by atoms with Gasteiger partial charge in [0.25, 0.3) is 0 Å². The molecule has 0 fully saturated rings. The van der Waals surface area contributed by atoms with E-state index in [2.05, 4.69) is 20.8 Å². The molecule has 0 atom stereocenters. The van der Waals surface area contributed by atoms with E-state index in [1.54, 1.807) is 12.1 Å². The summed E-state index contributed by atoms with van der Waals surface area (Å²) >= 11 is 7.48. The van der Waals surface area contributed by atoms with Crippen molar-refractivity contribution in [3.63, 3.8) is 0 Å². The van der Waals surface area contributed by atoms with Gasteiger partial charge < -0.3 is 4.57 Å². The van der Waals surface area contributed by atoms with Crippen molar-refractivity contribution < 1.29 is 0 Å². The van der Waals surface area contributed by atoms with Crippen LogP contribution in [-0.4, -0.2) is 14.8 Å². The van der Waals surface area contributed by atoms with Crippen molar-refractivity contribution in [1.29, 1.82) is 5.26 Å². The number of hydrogen-bond acceptors (Lipinski definition) is 4. The highest BCUT2D eigenvalue weighted by molar-refractivity contribution is 7.99. The van der Waals surface area contributed by atoms with Crippen molar-refractivity contribution in [3.05, 3.63) is 34.6 Å². The third-order valence-electron chi connectivity index (χ3n) is 3.34.